The van der Waals surface area contributed by atoms with Gasteiger partial charge in [-0.1, -0.05) is 43.7 Å². The van der Waals surface area contributed by atoms with Gasteiger partial charge in [-0.2, -0.15) is 5.10 Å². The SMILES string of the molecule is CCn1nc(CC(C)=CCCNC(C)C)c2ccccc21. The number of hydrogen-bond acceptors (Lipinski definition) is 2. The van der Waals surface area contributed by atoms with Crippen molar-refractivity contribution in [1.29, 1.82) is 0 Å². The summed E-state index contributed by atoms with van der Waals surface area (Å²) < 4.78 is 2.10. The van der Waals surface area contributed by atoms with Gasteiger partial charge in [0.1, 0.15) is 0 Å². The molecule has 2 aromatic rings. The van der Waals surface area contributed by atoms with Crippen molar-refractivity contribution in [2.45, 2.75) is 53.1 Å². The van der Waals surface area contributed by atoms with Gasteiger partial charge in [-0.25, -0.2) is 0 Å². The molecular weight excluding hydrogens is 258 g/mol. The third-order valence-electron chi connectivity index (χ3n) is 3.67. The van der Waals surface area contributed by atoms with Gasteiger partial charge in [-0.3, -0.25) is 4.68 Å². The number of aromatic nitrogens is 2. The van der Waals surface area contributed by atoms with Crippen LogP contribution in [-0.4, -0.2) is 22.4 Å². The Bertz CT molecular complexity index is 608. The zero-order valence-electron chi connectivity index (χ0n) is 13.7. The predicted molar refractivity (Wildman–Crippen MR) is 90.6 cm³/mol. The molecule has 1 aromatic heterocycles. The highest BCUT2D eigenvalue weighted by Crippen LogP contribution is 2.20. The van der Waals surface area contributed by atoms with E-state index in [2.05, 4.69) is 68.0 Å². The summed E-state index contributed by atoms with van der Waals surface area (Å²) in [5.74, 6) is 0. The molecule has 0 aliphatic heterocycles. The molecule has 0 radical (unpaired) electrons. The van der Waals surface area contributed by atoms with Crippen LogP contribution in [0.3, 0.4) is 0 Å². The summed E-state index contributed by atoms with van der Waals surface area (Å²) in [5.41, 5.74) is 3.83. The molecule has 1 heterocycles. The maximum absolute atomic E-state index is 4.76. The van der Waals surface area contributed by atoms with Gasteiger partial charge in [-0.05, 0) is 32.9 Å². The highest BCUT2D eigenvalue weighted by molar-refractivity contribution is 5.82. The van der Waals surface area contributed by atoms with Crippen LogP contribution >= 0.6 is 0 Å². The molecule has 0 saturated heterocycles. The molecule has 0 bridgehead atoms. The molecule has 3 heteroatoms. The van der Waals surface area contributed by atoms with Crippen LogP contribution in [0.1, 0.15) is 39.8 Å². The average molecular weight is 285 g/mol. The third-order valence-corrected chi connectivity index (χ3v) is 3.67. The summed E-state index contributed by atoms with van der Waals surface area (Å²) in [6.07, 6.45) is 4.35. The summed E-state index contributed by atoms with van der Waals surface area (Å²) in [7, 11) is 0. The second-order valence-corrected chi connectivity index (χ2v) is 5.90. The first-order valence-corrected chi connectivity index (χ1v) is 7.95. The average Bonchev–Trinajstić information content (AvgIpc) is 2.82. The Labute approximate surface area is 128 Å². The van der Waals surface area contributed by atoms with E-state index in [1.54, 1.807) is 0 Å². The Balaban J connectivity index is 2.07. The van der Waals surface area contributed by atoms with Gasteiger partial charge in [0.2, 0.25) is 0 Å². The maximum atomic E-state index is 4.76. The second-order valence-electron chi connectivity index (χ2n) is 5.90. The van der Waals surface area contributed by atoms with Crippen LogP contribution in [0.4, 0.5) is 0 Å². The zero-order valence-corrected chi connectivity index (χ0v) is 13.7. The van der Waals surface area contributed by atoms with E-state index in [9.17, 15) is 0 Å². The quantitative estimate of drug-likeness (QED) is 0.617. The normalized spacial score (nSPS) is 12.5. The predicted octanol–water partition coefficient (Wildman–Crippen LogP) is 3.93. The largest absolute Gasteiger partial charge is 0.314 e. The molecule has 0 unspecified atom stereocenters. The van der Waals surface area contributed by atoms with Crippen LogP contribution in [-0.2, 0) is 13.0 Å². The lowest BCUT2D eigenvalue weighted by Crippen LogP contribution is -2.23. The van der Waals surface area contributed by atoms with Crippen molar-refractivity contribution in [3.63, 3.8) is 0 Å². The van der Waals surface area contributed by atoms with Crippen LogP contribution < -0.4 is 5.32 Å². The monoisotopic (exact) mass is 285 g/mol. The number of nitrogens with one attached hydrogen (secondary N) is 1. The lowest BCUT2D eigenvalue weighted by atomic mass is 10.1. The molecule has 0 aliphatic carbocycles. The topological polar surface area (TPSA) is 29.9 Å². The molecule has 0 amide bonds. The van der Waals surface area contributed by atoms with E-state index in [0.29, 0.717) is 6.04 Å². The minimum absolute atomic E-state index is 0.558. The highest BCUT2D eigenvalue weighted by atomic mass is 15.3. The fourth-order valence-corrected chi connectivity index (χ4v) is 2.59. The first kappa shape index (κ1) is 15.8. The van der Waals surface area contributed by atoms with Crippen LogP contribution in [0.5, 0.6) is 0 Å². The lowest BCUT2D eigenvalue weighted by molar-refractivity contribution is 0.594. The number of fused-ring (bicyclic) bond motifs is 1. The van der Waals surface area contributed by atoms with Crippen LogP contribution in [0.15, 0.2) is 35.9 Å². The smallest absolute Gasteiger partial charge is 0.0743 e. The second kappa shape index (κ2) is 7.41. The Morgan fingerprint density at radius 1 is 1.33 bits per heavy atom. The molecule has 0 aliphatic rings. The summed E-state index contributed by atoms with van der Waals surface area (Å²) in [6.45, 7) is 10.7. The minimum Gasteiger partial charge on any atom is -0.314 e. The van der Waals surface area contributed by atoms with Gasteiger partial charge < -0.3 is 5.32 Å². The molecule has 1 N–H and O–H groups in total. The Hall–Kier alpha value is -1.61. The summed E-state index contributed by atoms with van der Waals surface area (Å²) in [6, 6.07) is 9.07. The van der Waals surface area contributed by atoms with Crippen LogP contribution in [0.25, 0.3) is 10.9 Å². The van der Waals surface area contributed by atoms with E-state index in [4.69, 9.17) is 5.10 Å². The maximum Gasteiger partial charge on any atom is 0.0743 e. The number of rotatable bonds is 7. The van der Waals surface area contributed by atoms with Gasteiger partial charge in [0.25, 0.3) is 0 Å². The highest BCUT2D eigenvalue weighted by Gasteiger charge is 2.09. The number of benzene rings is 1. The molecule has 0 fully saturated rings. The van der Waals surface area contributed by atoms with Crippen LogP contribution in [0.2, 0.25) is 0 Å². The molecule has 0 saturated carbocycles. The lowest BCUT2D eigenvalue weighted by Gasteiger charge is -2.06. The minimum atomic E-state index is 0.558. The third kappa shape index (κ3) is 4.18. The van der Waals surface area contributed by atoms with E-state index in [-0.39, 0.29) is 0 Å². The van der Waals surface area contributed by atoms with Crippen LogP contribution in [0, 0.1) is 0 Å². The van der Waals surface area contributed by atoms with Crippen molar-refractivity contribution in [3.8, 4) is 0 Å². The number of nitrogens with zero attached hydrogens (tertiary/aromatic N) is 2. The first-order valence-electron chi connectivity index (χ1n) is 7.95. The van der Waals surface area contributed by atoms with Gasteiger partial charge >= 0.3 is 0 Å². The number of para-hydroxylation sites is 1. The fraction of sp³-hybridized carbons (Fsp3) is 0.500. The number of hydrogen-bond donors (Lipinski definition) is 1. The van der Waals surface area contributed by atoms with Crippen molar-refractivity contribution in [3.05, 3.63) is 41.6 Å². The zero-order chi connectivity index (χ0) is 15.2. The molecular formula is C18H27N3. The summed E-state index contributed by atoms with van der Waals surface area (Å²) in [4.78, 5) is 0. The van der Waals surface area contributed by atoms with Crippen molar-refractivity contribution in [2.75, 3.05) is 6.54 Å². The van der Waals surface area contributed by atoms with Crippen molar-refractivity contribution in [1.82, 2.24) is 15.1 Å². The Morgan fingerprint density at radius 2 is 2.10 bits per heavy atom. The summed E-state index contributed by atoms with van der Waals surface area (Å²) >= 11 is 0. The molecule has 0 spiro atoms. The molecule has 1 aromatic carbocycles. The van der Waals surface area contributed by atoms with Crippen molar-refractivity contribution in [2.24, 2.45) is 0 Å². The molecule has 2 rings (SSSR count). The molecule has 3 nitrogen and oxygen atoms in total. The van der Waals surface area contributed by atoms with Gasteiger partial charge in [0.15, 0.2) is 0 Å². The summed E-state index contributed by atoms with van der Waals surface area (Å²) in [5, 5.41) is 9.49. The Morgan fingerprint density at radius 3 is 2.81 bits per heavy atom. The fourth-order valence-electron chi connectivity index (χ4n) is 2.59. The van der Waals surface area contributed by atoms with E-state index in [0.717, 1.165) is 25.9 Å². The van der Waals surface area contributed by atoms with E-state index in [1.165, 1.54) is 22.2 Å². The molecule has 114 valence electrons. The Kier molecular flexibility index (Phi) is 5.57. The van der Waals surface area contributed by atoms with E-state index in [1.807, 2.05) is 0 Å². The van der Waals surface area contributed by atoms with E-state index >= 15 is 0 Å². The van der Waals surface area contributed by atoms with Gasteiger partial charge in [0.05, 0.1) is 11.2 Å². The molecule has 21 heavy (non-hydrogen) atoms. The molecule has 0 atom stereocenters. The van der Waals surface area contributed by atoms with Gasteiger partial charge in [-0.15, -0.1) is 0 Å². The van der Waals surface area contributed by atoms with Gasteiger partial charge in [0, 0.05) is 24.4 Å². The van der Waals surface area contributed by atoms with Crippen molar-refractivity contribution >= 4 is 10.9 Å². The standard InChI is InChI=1S/C18H27N3/c1-5-21-18-11-7-6-10-16(18)17(20-21)13-15(4)9-8-12-19-14(2)3/h6-7,9-11,14,19H,5,8,12-13H2,1-4H3. The van der Waals surface area contributed by atoms with E-state index < -0.39 is 0 Å². The first-order chi connectivity index (χ1) is 10.1. The number of aryl methyl sites for hydroxylation is 1. The van der Waals surface area contributed by atoms with Crippen molar-refractivity contribution < 1.29 is 0 Å². The number of allylic oxidation sites excluding steroid dienone is 1.